The van der Waals surface area contributed by atoms with Gasteiger partial charge in [0.2, 0.25) is 0 Å². The van der Waals surface area contributed by atoms with E-state index in [-0.39, 0.29) is 0 Å². The van der Waals surface area contributed by atoms with Gasteiger partial charge in [-0.25, -0.2) is 0 Å². The van der Waals surface area contributed by atoms with E-state index in [9.17, 15) is 0 Å². The van der Waals surface area contributed by atoms with Crippen molar-refractivity contribution in [2.45, 2.75) is 13.5 Å². The van der Waals surface area contributed by atoms with Crippen LogP contribution in [0.2, 0.25) is 0 Å². The Bertz CT molecular complexity index is 567. The van der Waals surface area contributed by atoms with Gasteiger partial charge in [-0.05, 0) is 48.4 Å². The summed E-state index contributed by atoms with van der Waals surface area (Å²) in [7, 11) is 1.64. The second kappa shape index (κ2) is 7.55. The summed E-state index contributed by atoms with van der Waals surface area (Å²) in [4.78, 5) is 0. The van der Waals surface area contributed by atoms with Gasteiger partial charge in [0, 0.05) is 6.54 Å². The molecule has 0 atom stereocenters. The van der Waals surface area contributed by atoms with Crippen LogP contribution in [-0.2, 0) is 6.54 Å². The minimum Gasteiger partial charge on any atom is -0.497 e. The summed E-state index contributed by atoms with van der Waals surface area (Å²) in [5.74, 6) is 2.47. The summed E-state index contributed by atoms with van der Waals surface area (Å²) in [6, 6.07) is 13.5. The molecule has 0 unspecified atom stereocenters. The standard InChI is InChI=1S/C17H21NO3/c1-13-3-4-14(12-18)11-17(13)21-10-9-20-16-7-5-15(19-2)6-8-16/h3-8,11H,9-10,12,18H2,1-2H3. The third-order valence-electron chi connectivity index (χ3n) is 3.16. The fraction of sp³-hybridized carbons (Fsp3) is 0.294. The number of hydrogen-bond donors (Lipinski definition) is 1. The number of nitrogens with two attached hydrogens (primary N) is 1. The van der Waals surface area contributed by atoms with Gasteiger partial charge in [0.1, 0.15) is 30.5 Å². The Hall–Kier alpha value is -2.20. The molecule has 0 radical (unpaired) electrons. The highest BCUT2D eigenvalue weighted by atomic mass is 16.5. The SMILES string of the molecule is COc1ccc(OCCOc2cc(CN)ccc2C)cc1. The molecule has 0 saturated heterocycles. The molecule has 0 spiro atoms. The van der Waals surface area contributed by atoms with Crippen LogP contribution in [0.4, 0.5) is 0 Å². The van der Waals surface area contributed by atoms with Crippen LogP contribution in [0.25, 0.3) is 0 Å². The Labute approximate surface area is 125 Å². The third kappa shape index (κ3) is 4.39. The van der Waals surface area contributed by atoms with E-state index >= 15 is 0 Å². The van der Waals surface area contributed by atoms with Crippen molar-refractivity contribution in [2.24, 2.45) is 5.73 Å². The van der Waals surface area contributed by atoms with Crippen molar-refractivity contribution in [1.29, 1.82) is 0 Å². The van der Waals surface area contributed by atoms with Crippen molar-refractivity contribution >= 4 is 0 Å². The van der Waals surface area contributed by atoms with Crippen LogP contribution in [0.5, 0.6) is 17.2 Å². The lowest BCUT2D eigenvalue weighted by molar-refractivity contribution is 0.216. The fourth-order valence-corrected chi connectivity index (χ4v) is 1.91. The number of aryl methyl sites for hydroxylation is 1. The van der Waals surface area contributed by atoms with Crippen LogP contribution < -0.4 is 19.9 Å². The molecule has 2 rings (SSSR count). The first-order valence-electron chi connectivity index (χ1n) is 6.92. The largest absolute Gasteiger partial charge is 0.497 e. The molecule has 4 nitrogen and oxygen atoms in total. The molecule has 0 saturated carbocycles. The second-order valence-electron chi connectivity index (χ2n) is 4.68. The summed E-state index contributed by atoms with van der Waals surface area (Å²) in [5, 5.41) is 0. The van der Waals surface area contributed by atoms with Gasteiger partial charge in [-0.15, -0.1) is 0 Å². The van der Waals surface area contributed by atoms with Gasteiger partial charge in [0.15, 0.2) is 0 Å². The zero-order chi connectivity index (χ0) is 15.1. The van der Waals surface area contributed by atoms with Crippen molar-refractivity contribution in [1.82, 2.24) is 0 Å². The van der Waals surface area contributed by atoms with Crippen molar-refractivity contribution in [3.05, 3.63) is 53.6 Å². The average molecular weight is 287 g/mol. The number of benzene rings is 2. The van der Waals surface area contributed by atoms with Crippen LogP contribution in [0, 0.1) is 6.92 Å². The summed E-state index contributed by atoms with van der Waals surface area (Å²) < 4.78 is 16.5. The van der Waals surface area contributed by atoms with Gasteiger partial charge >= 0.3 is 0 Å². The highest BCUT2D eigenvalue weighted by Gasteiger charge is 2.01. The van der Waals surface area contributed by atoms with Crippen molar-refractivity contribution in [3.8, 4) is 17.2 Å². The first-order chi connectivity index (χ1) is 10.2. The molecular formula is C17H21NO3. The number of hydrogen-bond acceptors (Lipinski definition) is 4. The van der Waals surface area contributed by atoms with Gasteiger partial charge in [-0.3, -0.25) is 0 Å². The molecule has 0 aliphatic rings. The number of rotatable bonds is 7. The zero-order valence-electron chi connectivity index (χ0n) is 12.5. The third-order valence-corrected chi connectivity index (χ3v) is 3.16. The maximum Gasteiger partial charge on any atom is 0.122 e. The first kappa shape index (κ1) is 15.2. The average Bonchev–Trinajstić information content (AvgIpc) is 2.53. The molecule has 0 heterocycles. The predicted octanol–water partition coefficient (Wildman–Crippen LogP) is 2.92. The lowest BCUT2D eigenvalue weighted by Crippen LogP contribution is -2.10. The molecule has 2 aromatic carbocycles. The molecule has 0 aliphatic carbocycles. The highest BCUT2D eigenvalue weighted by Crippen LogP contribution is 2.20. The van der Waals surface area contributed by atoms with Crippen LogP contribution in [-0.4, -0.2) is 20.3 Å². The van der Waals surface area contributed by atoms with E-state index in [1.165, 1.54) is 0 Å². The fourth-order valence-electron chi connectivity index (χ4n) is 1.91. The predicted molar refractivity (Wildman–Crippen MR) is 83.1 cm³/mol. The van der Waals surface area contributed by atoms with E-state index in [1.807, 2.05) is 49.4 Å². The molecule has 0 fully saturated rings. The van der Waals surface area contributed by atoms with E-state index in [1.54, 1.807) is 7.11 Å². The Morgan fingerprint density at radius 3 is 2.24 bits per heavy atom. The summed E-state index contributed by atoms with van der Waals surface area (Å²) in [5.41, 5.74) is 7.79. The topological polar surface area (TPSA) is 53.7 Å². The molecule has 4 heteroatoms. The van der Waals surface area contributed by atoms with Crippen LogP contribution in [0.15, 0.2) is 42.5 Å². The van der Waals surface area contributed by atoms with Crippen LogP contribution >= 0.6 is 0 Å². The molecule has 0 bridgehead atoms. The maximum absolute atomic E-state index is 5.74. The summed E-state index contributed by atoms with van der Waals surface area (Å²) in [6.07, 6.45) is 0. The number of ether oxygens (including phenoxy) is 3. The quantitative estimate of drug-likeness (QED) is 0.796. The summed E-state index contributed by atoms with van der Waals surface area (Å²) in [6.45, 7) is 3.50. The van der Waals surface area contributed by atoms with Gasteiger partial charge in [0.05, 0.1) is 7.11 Å². The molecule has 0 amide bonds. The first-order valence-corrected chi connectivity index (χ1v) is 6.92. The second-order valence-corrected chi connectivity index (χ2v) is 4.68. The van der Waals surface area contributed by atoms with Gasteiger partial charge in [-0.2, -0.15) is 0 Å². The molecular weight excluding hydrogens is 266 g/mol. The molecule has 2 aromatic rings. The Balaban J connectivity index is 1.81. The minimum atomic E-state index is 0.485. The van der Waals surface area contributed by atoms with Crippen LogP contribution in [0.3, 0.4) is 0 Å². The molecule has 0 aromatic heterocycles. The molecule has 112 valence electrons. The van der Waals surface area contributed by atoms with Crippen molar-refractivity contribution in [2.75, 3.05) is 20.3 Å². The Morgan fingerprint density at radius 1 is 0.905 bits per heavy atom. The lowest BCUT2D eigenvalue weighted by Gasteiger charge is -2.11. The van der Waals surface area contributed by atoms with Crippen molar-refractivity contribution < 1.29 is 14.2 Å². The van der Waals surface area contributed by atoms with Gasteiger partial charge in [0.25, 0.3) is 0 Å². The van der Waals surface area contributed by atoms with E-state index in [0.29, 0.717) is 19.8 Å². The lowest BCUT2D eigenvalue weighted by atomic mass is 10.1. The minimum absolute atomic E-state index is 0.485. The Morgan fingerprint density at radius 2 is 1.57 bits per heavy atom. The van der Waals surface area contributed by atoms with Gasteiger partial charge < -0.3 is 19.9 Å². The molecule has 0 aliphatic heterocycles. The Kier molecular flexibility index (Phi) is 5.46. The maximum atomic E-state index is 5.74. The smallest absolute Gasteiger partial charge is 0.122 e. The van der Waals surface area contributed by atoms with Crippen molar-refractivity contribution in [3.63, 3.8) is 0 Å². The normalized spacial score (nSPS) is 10.2. The molecule has 21 heavy (non-hydrogen) atoms. The van der Waals surface area contributed by atoms with E-state index in [0.717, 1.165) is 28.4 Å². The van der Waals surface area contributed by atoms with E-state index < -0.39 is 0 Å². The summed E-state index contributed by atoms with van der Waals surface area (Å²) >= 11 is 0. The zero-order valence-corrected chi connectivity index (χ0v) is 12.5. The number of methoxy groups -OCH3 is 1. The monoisotopic (exact) mass is 287 g/mol. The molecule has 2 N–H and O–H groups in total. The van der Waals surface area contributed by atoms with E-state index in [2.05, 4.69) is 0 Å². The highest BCUT2D eigenvalue weighted by molar-refractivity contribution is 5.36. The van der Waals surface area contributed by atoms with Crippen LogP contribution in [0.1, 0.15) is 11.1 Å². The van der Waals surface area contributed by atoms with Gasteiger partial charge in [-0.1, -0.05) is 12.1 Å². The van der Waals surface area contributed by atoms with E-state index in [4.69, 9.17) is 19.9 Å².